The van der Waals surface area contributed by atoms with E-state index in [4.69, 9.17) is 0 Å². The van der Waals surface area contributed by atoms with Crippen LogP contribution in [0.25, 0.3) is 0 Å². The van der Waals surface area contributed by atoms with E-state index in [0.717, 1.165) is 11.4 Å². The molecule has 2 unspecified atom stereocenters. The molecule has 1 fully saturated rings. The van der Waals surface area contributed by atoms with Gasteiger partial charge in [0.05, 0.1) is 0 Å². The first-order chi connectivity index (χ1) is 11.0. The van der Waals surface area contributed by atoms with Gasteiger partial charge in [-0.15, -0.1) is 0 Å². The fourth-order valence-electron chi connectivity index (χ4n) is 3.11. The summed E-state index contributed by atoms with van der Waals surface area (Å²) in [6.45, 7) is 1.88. The van der Waals surface area contributed by atoms with Crippen LogP contribution in [0.2, 0.25) is 0 Å². The quantitative estimate of drug-likeness (QED) is 0.841. The number of fused-ring (bicyclic) bond motifs is 3. The van der Waals surface area contributed by atoms with Gasteiger partial charge in [0.15, 0.2) is 12.2 Å². The highest BCUT2D eigenvalue weighted by Crippen LogP contribution is 2.34. The number of carbonyl (C=O) groups is 2. The third kappa shape index (κ3) is 1.84. The molecular formula is C15H14FN5O2. The van der Waals surface area contributed by atoms with Crippen molar-refractivity contribution >= 4 is 23.6 Å². The molecule has 118 valence electrons. The van der Waals surface area contributed by atoms with E-state index in [1.807, 2.05) is 18.0 Å². The lowest BCUT2D eigenvalue weighted by atomic mass is 10.1. The predicted molar refractivity (Wildman–Crippen MR) is 80.8 cm³/mol. The van der Waals surface area contributed by atoms with Crippen LogP contribution in [0.5, 0.6) is 0 Å². The van der Waals surface area contributed by atoms with Gasteiger partial charge in [-0.1, -0.05) is 0 Å². The van der Waals surface area contributed by atoms with Crippen molar-refractivity contribution in [2.24, 2.45) is 4.99 Å². The molecule has 0 spiro atoms. The van der Waals surface area contributed by atoms with E-state index in [0.29, 0.717) is 5.96 Å². The number of imide groups is 1. The van der Waals surface area contributed by atoms with Crippen molar-refractivity contribution in [3.05, 3.63) is 42.0 Å². The molecule has 4 rings (SSSR count). The molecule has 1 saturated heterocycles. The van der Waals surface area contributed by atoms with E-state index in [1.165, 1.54) is 17.0 Å². The summed E-state index contributed by atoms with van der Waals surface area (Å²) >= 11 is 0. The number of nitrogens with one attached hydrogen (secondary N) is 1. The third-order valence-corrected chi connectivity index (χ3v) is 4.24. The number of benzene rings is 1. The Morgan fingerprint density at radius 3 is 2.61 bits per heavy atom. The highest BCUT2D eigenvalue weighted by Gasteiger charge is 2.51. The Morgan fingerprint density at radius 2 is 1.91 bits per heavy atom. The molecule has 1 aromatic carbocycles. The number of nitrogens with zero attached hydrogens (tertiary/aromatic N) is 4. The van der Waals surface area contributed by atoms with Crippen LogP contribution in [0, 0.1) is 5.82 Å². The van der Waals surface area contributed by atoms with E-state index < -0.39 is 18.2 Å². The maximum absolute atomic E-state index is 13.2. The number of hydrogen-bond donors (Lipinski definition) is 1. The fraction of sp³-hybridized carbons (Fsp3) is 0.267. The lowest BCUT2D eigenvalue weighted by Crippen LogP contribution is -2.62. The molecule has 1 aromatic rings. The molecule has 8 heteroatoms. The summed E-state index contributed by atoms with van der Waals surface area (Å²) in [5, 5.41) is 2.33. The molecule has 23 heavy (non-hydrogen) atoms. The zero-order chi connectivity index (χ0) is 16.3. The molecule has 2 atom stereocenters. The SMILES string of the molecule is CC1=CN2C(=NC3C2C(=O)NC(=O)N3C)N1c1ccc(F)cc1. The number of urea groups is 1. The second-order valence-electron chi connectivity index (χ2n) is 5.68. The Balaban J connectivity index is 1.75. The van der Waals surface area contributed by atoms with Crippen LogP contribution in [0.4, 0.5) is 14.9 Å². The monoisotopic (exact) mass is 315 g/mol. The van der Waals surface area contributed by atoms with Crippen molar-refractivity contribution in [1.82, 2.24) is 15.1 Å². The van der Waals surface area contributed by atoms with Crippen molar-refractivity contribution in [2.75, 3.05) is 11.9 Å². The van der Waals surface area contributed by atoms with E-state index in [9.17, 15) is 14.0 Å². The van der Waals surface area contributed by atoms with Crippen LogP contribution in [-0.4, -0.2) is 47.0 Å². The van der Waals surface area contributed by atoms with Crippen molar-refractivity contribution < 1.29 is 14.0 Å². The average molecular weight is 315 g/mol. The third-order valence-electron chi connectivity index (χ3n) is 4.24. The van der Waals surface area contributed by atoms with Gasteiger partial charge in [0.25, 0.3) is 5.91 Å². The Labute approximate surface area is 131 Å². The first kappa shape index (κ1) is 13.7. The number of aliphatic imine (C=N–C) groups is 1. The highest BCUT2D eigenvalue weighted by molar-refractivity contribution is 6.09. The minimum absolute atomic E-state index is 0.321. The van der Waals surface area contributed by atoms with Crippen molar-refractivity contribution in [3.63, 3.8) is 0 Å². The van der Waals surface area contributed by atoms with Gasteiger partial charge in [-0.25, -0.2) is 14.2 Å². The summed E-state index contributed by atoms with van der Waals surface area (Å²) in [5.74, 6) is -0.138. The zero-order valence-electron chi connectivity index (χ0n) is 12.5. The Hall–Kier alpha value is -2.90. The molecule has 7 nitrogen and oxygen atoms in total. The van der Waals surface area contributed by atoms with Gasteiger partial charge < -0.3 is 9.80 Å². The summed E-state index contributed by atoms with van der Waals surface area (Å²) in [4.78, 5) is 33.5. The second-order valence-corrected chi connectivity index (χ2v) is 5.68. The number of halogens is 1. The second kappa shape index (κ2) is 4.55. The van der Waals surface area contributed by atoms with Gasteiger partial charge in [-0.3, -0.25) is 15.0 Å². The smallest absolute Gasteiger partial charge is 0.303 e. The van der Waals surface area contributed by atoms with Crippen molar-refractivity contribution in [1.29, 1.82) is 0 Å². The van der Waals surface area contributed by atoms with Gasteiger partial charge in [0.1, 0.15) is 5.82 Å². The van der Waals surface area contributed by atoms with Gasteiger partial charge in [-0.05, 0) is 31.2 Å². The summed E-state index contributed by atoms with van der Waals surface area (Å²) in [5.41, 5.74) is 1.61. The highest BCUT2D eigenvalue weighted by atomic mass is 19.1. The Kier molecular flexibility index (Phi) is 2.72. The lowest BCUT2D eigenvalue weighted by molar-refractivity contribution is -0.126. The maximum Gasteiger partial charge on any atom is 0.325 e. The topological polar surface area (TPSA) is 68.2 Å². The van der Waals surface area contributed by atoms with Crippen LogP contribution >= 0.6 is 0 Å². The molecular weight excluding hydrogens is 301 g/mol. The van der Waals surface area contributed by atoms with E-state index >= 15 is 0 Å². The molecule has 3 heterocycles. The fourth-order valence-corrected chi connectivity index (χ4v) is 3.11. The van der Waals surface area contributed by atoms with Gasteiger partial charge >= 0.3 is 6.03 Å². The number of likely N-dealkylation sites (N-methyl/N-ethyl adjacent to an activating group) is 1. The first-order valence-electron chi connectivity index (χ1n) is 7.15. The maximum atomic E-state index is 13.2. The summed E-state index contributed by atoms with van der Waals surface area (Å²) in [7, 11) is 1.60. The molecule has 0 bridgehead atoms. The average Bonchev–Trinajstić information content (AvgIpc) is 3.01. The lowest BCUT2D eigenvalue weighted by Gasteiger charge is -2.34. The largest absolute Gasteiger partial charge is 0.325 e. The minimum Gasteiger partial charge on any atom is -0.303 e. The van der Waals surface area contributed by atoms with Gasteiger partial charge in [0.2, 0.25) is 5.96 Å². The van der Waals surface area contributed by atoms with Crippen LogP contribution in [0.3, 0.4) is 0 Å². The molecule has 3 amide bonds. The molecule has 0 aromatic heterocycles. The number of anilines is 1. The van der Waals surface area contributed by atoms with Gasteiger partial charge in [-0.2, -0.15) is 0 Å². The van der Waals surface area contributed by atoms with E-state index in [2.05, 4.69) is 10.3 Å². The minimum atomic E-state index is -0.590. The number of allylic oxidation sites excluding steroid dienone is 1. The molecule has 3 aliphatic rings. The Bertz CT molecular complexity index is 773. The number of hydrogen-bond acceptors (Lipinski definition) is 5. The van der Waals surface area contributed by atoms with Crippen LogP contribution < -0.4 is 10.2 Å². The van der Waals surface area contributed by atoms with Crippen LogP contribution in [-0.2, 0) is 4.79 Å². The summed E-state index contributed by atoms with van der Waals surface area (Å²) < 4.78 is 13.2. The van der Waals surface area contributed by atoms with Crippen molar-refractivity contribution in [3.8, 4) is 0 Å². The summed E-state index contributed by atoms with van der Waals surface area (Å²) in [6, 6.07) is 4.99. The molecule has 0 saturated carbocycles. The van der Waals surface area contributed by atoms with Crippen LogP contribution in [0.1, 0.15) is 6.92 Å². The summed E-state index contributed by atoms with van der Waals surface area (Å²) in [6.07, 6.45) is 1.24. The molecule has 3 aliphatic heterocycles. The Morgan fingerprint density at radius 1 is 1.22 bits per heavy atom. The first-order valence-corrected chi connectivity index (χ1v) is 7.15. The van der Waals surface area contributed by atoms with Crippen molar-refractivity contribution in [2.45, 2.75) is 19.1 Å². The van der Waals surface area contributed by atoms with E-state index in [1.54, 1.807) is 24.1 Å². The molecule has 0 radical (unpaired) electrons. The number of guanidine groups is 1. The van der Waals surface area contributed by atoms with Gasteiger partial charge in [0, 0.05) is 24.6 Å². The standard InChI is InChI=1S/C15H14FN5O2/c1-8-7-20-11-12(19(2)15(23)18-13(11)22)17-14(20)21(8)10-5-3-9(16)4-6-10/h3-7,11-12H,1-2H3,(H,18,22,23). The van der Waals surface area contributed by atoms with Crippen LogP contribution in [0.15, 0.2) is 41.2 Å². The normalized spacial score (nSPS) is 26.0. The molecule has 0 aliphatic carbocycles. The zero-order valence-corrected chi connectivity index (χ0v) is 12.5. The number of rotatable bonds is 1. The van der Waals surface area contributed by atoms with E-state index in [-0.39, 0.29) is 11.7 Å². The number of amides is 3. The number of carbonyl (C=O) groups excluding carboxylic acids is 2. The molecule has 1 N–H and O–H groups in total. The predicted octanol–water partition coefficient (Wildman–Crippen LogP) is 1.05.